The number of carbonyl (C=O) groups excluding carboxylic acids is 1. The maximum atomic E-state index is 12.2. The predicted octanol–water partition coefficient (Wildman–Crippen LogP) is 4.27. The van der Waals surface area contributed by atoms with Gasteiger partial charge < -0.3 is 9.88 Å². The topological polar surface area (TPSA) is 34.0 Å². The van der Waals surface area contributed by atoms with Crippen LogP contribution in [0.15, 0.2) is 54.6 Å². The summed E-state index contributed by atoms with van der Waals surface area (Å²) in [7, 11) is 0. The van der Waals surface area contributed by atoms with Crippen LogP contribution in [0.3, 0.4) is 0 Å². The summed E-state index contributed by atoms with van der Waals surface area (Å²) in [6.45, 7) is 1.84. The van der Waals surface area contributed by atoms with Gasteiger partial charge in [-0.2, -0.15) is 0 Å². The van der Waals surface area contributed by atoms with E-state index in [1.54, 1.807) is 0 Å². The molecular weight excluding hydrogens is 320 g/mol. The number of aromatic nitrogens is 1. The lowest BCUT2D eigenvalue weighted by Crippen LogP contribution is -2.26. The Morgan fingerprint density at radius 1 is 0.962 bits per heavy atom. The summed E-state index contributed by atoms with van der Waals surface area (Å²) in [5.74, 6) is 0.145. The first kappa shape index (κ1) is 16.9. The molecule has 0 fully saturated rings. The van der Waals surface area contributed by atoms with E-state index < -0.39 is 0 Å². The van der Waals surface area contributed by atoms with Crippen molar-refractivity contribution >= 4 is 16.8 Å². The smallest absolute Gasteiger partial charge is 0.220 e. The van der Waals surface area contributed by atoms with E-state index in [0.717, 1.165) is 25.8 Å². The molecule has 0 spiro atoms. The molecule has 1 amide bonds. The fraction of sp³-hybridized carbons (Fsp3) is 0.348. The summed E-state index contributed by atoms with van der Waals surface area (Å²) in [6, 6.07) is 18.9. The van der Waals surface area contributed by atoms with Gasteiger partial charge in [0.1, 0.15) is 0 Å². The van der Waals surface area contributed by atoms with Crippen molar-refractivity contribution < 1.29 is 4.79 Å². The van der Waals surface area contributed by atoms with E-state index in [1.165, 1.54) is 40.6 Å². The van der Waals surface area contributed by atoms with Gasteiger partial charge in [-0.05, 0) is 49.3 Å². The fourth-order valence-electron chi connectivity index (χ4n) is 4.13. The number of hydrogen-bond donors (Lipinski definition) is 1. The first-order valence-corrected chi connectivity index (χ1v) is 9.72. The molecule has 0 bridgehead atoms. The van der Waals surface area contributed by atoms with Gasteiger partial charge in [-0.15, -0.1) is 0 Å². The van der Waals surface area contributed by atoms with Crippen LogP contribution in [0.2, 0.25) is 0 Å². The van der Waals surface area contributed by atoms with Crippen LogP contribution < -0.4 is 5.32 Å². The number of benzene rings is 2. The molecule has 1 aliphatic heterocycles. The van der Waals surface area contributed by atoms with Gasteiger partial charge in [0.25, 0.3) is 0 Å². The van der Waals surface area contributed by atoms with Crippen LogP contribution >= 0.6 is 0 Å². The summed E-state index contributed by atoms with van der Waals surface area (Å²) in [6.07, 6.45) is 5.97. The Bertz CT molecular complexity index is 895. The predicted molar refractivity (Wildman–Crippen MR) is 106 cm³/mol. The molecule has 0 unspecified atom stereocenters. The third-order valence-electron chi connectivity index (χ3n) is 5.42. The third kappa shape index (κ3) is 3.52. The Hall–Kier alpha value is -2.55. The van der Waals surface area contributed by atoms with Gasteiger partial charge in [-0.1, -0.05) is 48.5 Å². The fourth-order valence-corrected chi connectivity index (χ4v) is 4.13. The Morgan fingerprint density at radius 2 is 1.77 bits per heavy atom. The molecule has 3 nitrogen and oxygen atoms in total. The number of fused-ring (bicyclic) bond motifs is 3. The number of rotatable bonds is 6. The van der Waals surface area contributed by atoms with Crippen LogP contribution in [0.25, 0.3) is 10.9 Å². The monoisotopic (exact) mass is 346 g/mol. The molecule has 1 aromatic heterocycles. The zero-order valence-electron chi connectivity index (χ0n) is 15.2. The normalized spacial score (nSPS) is 13.5. The second kappa shape index (κ2) is 7.77. The van der Waals surface area contributed by atoms with E-state index >= 15 is 0 Å². The average Bonchev–Trinajstić information content (AvgIpc) is 3.02. The molecule has 134 valence electrons. The number of nitrogens with one attached hydrogen (secondary N) is 1. The highest BCUT2D eigenvalue weighted by atomic mass is 16.1. The van der Waals surface area contributed by atoms with Crippen molar-refractivity contribution in [3.05, 3.63) is 71.4 Å². The standard InChI is InChI=1S/C23H26N2O/c26-23(14-13-18-8-2-1-3-9-18)24-16-15-20-19-10-4-5-11-21(19)25-17-7-6-12-22(20)25/h1-5,8-11H,6-7,12-17H2,(H,24,26). The summed E-state index contributed by atoms with van der Waals surface area (Å²) in [5.41, 5.74) is 5.49. The van der Waals surface area contributed by atoms with Crippen molar-refractivity contribution in [3.63, 3.8) is 0 Å². The highest BCUT2D eigenvalue weighted by molar-refractivity contribution is 5.86. The molecule has 26 heavy (non-hydrogen) atoms. The minimum atomic E-state index is 0.145. The molecule has 0 saturated carbocycles. The van der Waals surface area contributed by atoms with Crippen molar-refractivity contribution in [2.45, 2.75) is 45.1 Å². The lowest BCUT2D eigenvalue weighted by atomic mass is 10.0. The largest absolute Gasteiger partial charge is 0.356 e. The summed E-state index contributed by atoms with van der Waals surface area (Å²) < 4.78 is 2.49. The number of para-hydroxylation sites is 1. The molecule has 3 heteroatoms. The van der Waals surface area contributed by atoms with Crippen LogP contribution in [-0.4, -0.2) is 17.0 Å². The van der Waals surface area contributed by atoms with E-state index in [-0.39, 0.29) is 5.91 Å². The second-order valence-corrected chi connectivity index (χ2v) is 7.14. The molecule has 4 rings (SSSR count). The molecule has 1 aliphatic rings. The Kier molecular flexibility index (Phi) is 5.05. The third-order valence-corrected chi connectivity index (χ3v) is 5.42. The second-order valence-electron chi connectivity index (χ2n) is 7.14. The maximum absolute atomic E-state index is 12.2. The minimum Gasteiger partial charge on any atom is -0.356 e. The zero-order valence-corrected chi connectivity index (χ0v) is 15.2. The van der Waals surface area contributed by atoms with E-state index in [2.05, 4.69) is 46.3 Å². The van der Waals surface area contributed by atoms with Crippen LogP contribution in [0.1, 0.15) is 36.1 Å². The van der Waals surface area contributed by atoms with Gasteiger partial charge in [0.2, 0.25) is 5.91 Å². The van der Waals surface area contributed by atoms with E-state index in [0.29, 0.717) is 13.0 Å². The average molecular weight is 346 g/mol. The Morgan fingerprint density at radius 3 is 2.65 bits per heavy atom. The van der Waals surface area contributed by atoms with Crippen LogP contribution in [0, 0.1) is 0 Å². The van der Waals surface area contributed by atoms with Crippen molar-refractivity contribution in [2.75, 3.05) is 6.54 Å². The van der Waals surface area contributed by atoms with Crippen molar-refractivity contribution in [2.24, 2.45) is 0 Å². The van der Waals surface area contributed by atoms with E-state index in [9.17, 15) is 4.79 Å². The quantitative estimate of drug-likeness (QED) is 0.710. The van der Waals surface area contributed by atoms with Gasteiger partial charge in [0.05, 0.1) is 0 Å². The van der Waals surface area contributed by atoms with E-state index in [4.69, 9.17) is 0 Å². The van der Waals surface area contributed by atoms with Gasteiger partial charge in [0.15, 0.2) is 0 Å². The zero-order chi connectivity index (χ0) is 17.8. The van der Waals surface area contributed by atoms with E-state index in [1.807, 2.05) is 18.2 Å². The molecule has 3 aromatic rings. The molecule has 0 aliphatic carbocycles. The highest BCUT2D eigenvalue weighted by Gasteiger charge is 2.19. The molecule has 2 heterocycles. The summed E-state index contributed by atoms with van der Waals surface area (Å²) in [4.78, 5) is 12.2. The molecule has 0 saturated heterocycles. The number of carbonyl (C=O) groups is 1. The van der Waals surface area contributed by atoms with Gasteiger partial charge in [-0.25, -0.2) is 0 Å². The lowest BCUT2D eigenvalue weighted by Gasteiger charge is -2.17. The van der Waals surface area contributed by atoms with Gasteiger partial charge in [-0.3, -0.25) is 4.79 Å². The molecule has 0 radical (unpaired) electrons. The SMILES string of the molecule is O=C(CCc1ccccc1)NCCc1c2n(c3ccccc13)CCCC2. The van der Waals surface area contributed by atoms with Crippen molar-refractivity contribution in [3.8, 4) is 0 Å². The number of hydrogen-bond acceptors (Lipinski definition) is 1. The van der Waals surface area contributed by atoms with Crippen LogP contribution in [0.5, 0.6) is 0 Å². The number of amides is 1. The minimum absolute atomic E-state index is 0.145. The lowest BCUT2D eigenvalue weighted by molar-refractivity contribution is -0.121. The molecule has 0 atom stereocenters. The summed E-state index contributed by atoms with van der Waals surface area (Å²) in [5, 5.41) is 4.48. The molecule has 2 aromatic carbocycles. The number of nitrogens with zero attached hydrogens (tertiary/aromatic N) is 1. The maximum Gasteiger partial charge on any atom is 0.220 e. The Labute approximate surface area is 155 Å². The molecular formula is C23H26N2O. The summed E-state index contributed by atoms with van der Waals surface area (Å²) >= 11 is 0. The number of aryl methyl sites for hydroxylation is 2. The van der Waals surface area contributed by atoms with Crippen molar-refractivity contribution in [1.29, 1.82) is 0 Å². The van der Waals surface area contributed by atoms with Crippen LogP contribution in [0.4, 0.5) is 0 Å². The highest BCUT2D eigenvalue weighted by Crippen LogP contribution is 2.30. The van der Waals surface area contributed by atoms with Crippen LogP contribution in [-0.2, 0) is 30.6 Å². The van der Waals surface area contributed by atoms with Gasteiger partial charge >= 0.3 is 0 Å². The first-order valence-electron chi connectivity index (χ1n) is 9.72. The molecule has 1 N–H and O–H groups in total. The first-order chi connectivity index (χ1) is 12.8. The van der Waals surface area contributed by atoms with Gasteiger partial charge in [0, 0.05) is 36.1 Å². The Balaban J connectivity index is 1.38. The van der Waals surface area contributed by atoms with Crippen molar-refractivity contribution in [1.82, 2.24) is 9.88 Å².